The highest BCUT2D eigenvalue weighted by atomic mass is 16.6. The molecule has 0 aromatic rings. The van der Waals surface area contributed by atoms with Gasteiger partial charge in [-0.05, 0) is 32.6 Å². The van der Waals surface area contributed by atoms with Gasteiger partial charge >= 0.3 is 11.9 Å². The number of carbonyl (C=O) groups is 2. The Balaban J connectivity index is 5.27. The van der Waals surface area contributed by atoms with Crippen molar-refractivity contribution >= 4 is 11.9 Å². The number of methoxy groups -OCH3 is 2. The van der Waals surface area contributed by atoms with Crippen LogP contribution in [-0.4, -0.2) is 43.8 Å². The van der Waals surface area contributed by atoms with Crippen LogP contribution in [0.25, 0.3) is 0 Å². The molecule has 1 N–H and O–H groups in total. The van der Waals surface area contributed by atoms with Crippen molar-refractivity contribution in [2.45, 2.75) is 72.6 Å². The van der Waals surface area contributed by atoms with Crippen molar-refractivity contribution in [3.63, 3.8) is 0 Å². The molecule has 0 aliphatic rings. The molecule has 0 spiro atoms. The van der Waals surface area contributed by atoms with Crippen LogP contribution in [0, 0.1) is 11.8 Å². The molecule has 6 heteroatoms. The average molecular weight is 357 g/mol. The molecular weight excluding hydrogens is 322 g/mol. The van der Waals surface area contributed by atoms with E-state index in [1.165, 1.54) is 20.3 Å². The molecular formula is C19H35NO5. The summed E-state index contributed by atoms with van der Waals surface area (Å²) < 4.78 is 15.5. The molecule has 25 heavy (non-hydrogen) atoms. The molecule has 0 fully saturated rings. The van der Waals surface area contributed by atoms with E-state index in [-0.39, 0.29) is 23.8 Å². The van der Waals surface area contributed by atoms with E-state index < -0.39 is 17.6 Å². The van der Waals surface area contributed by atoms with Gasteiger partial charge in [-0.15, -0.1) is 0 Å². The molecule has 0 bridgehead atoms. The zero-order chi connectivity index (χ0) is 19.8. The van der Waals surface area contributed by atoms with Crippen LogP contribution in [-0.2, 0) is 23.8 Å². The average Bonchev–Trinajstić information content (AvgIpc) is 2.47. The fourth-order valence-corrected chi connectivity index (χ4v) is 2.22. The fourth-order valence-electron chi connectivity index (χ4n) is 2.22. The van der Waals surface area contributed by atoms with Gasteiger partial charge < -0.3 is 19.5 Å². The molecule has 2 atom stereocenters. The summed E-state index contributed by atoms with van der Waals surface area (Å²) in [4.78, 5) is 24.0. The first-order chi connectivity index (χ1) is 11.4. The van der Waals surface area contributed by atoms with E-state index in [4.69, 9.17) is 9.47 Å². The van der Waals surface area contributed by atoms with Gasteiger partial charge in [0.05, 0.1) is 20.3 Å². The lowest BCUT2D eigenvalue weighted by molar-refractivity contribution is -0.159. The van der Waals surface area contributed by atoms with Crippen LogP contribution in [0.4, 0.5) is 0 Å². The van der Waals surface area contributed by atoms with Gasteiger partial charge in [0.2, 0.25) is 0 Å². The number of rotatable bonds is 9. The van der Waals surface area contributed by atoms with E-state index in [0.717, 1.165) is 0 Å². The number of ether oxygens (including phenoxy) is 3. The van der Waals surface area contributed by atoms with Crippen molar-refractivity contribution in [1.29, 1.82) is 0 Å². The summed E-state index contributed by atoms with van der Waals surface area (Å²) in [5.41, 5.74) is -0.540. The van der Waals surface area contributed by atoms with Gasteiger partial charge in [0.25, 0.3) is 0 Å². The van der Waals surface area contributed by atoms with Gasteiger partial charge in [-0.3, -0.25) is 4.79 Å². The minimum absolute atomic E-state index is 0.0595. The number of esters is 2. The van der Waals surface area contributed by atoms with E-state index >= 15 is 0 Å². The molecule has 0 aliphatic heterocycles. The summed E-state index contributed by atoms with van der Waals surface area (Å²) in [5.74, 6) is 0.0484. The zero-order valence-electron chi connectivity index (χ0n) is 17.1. The third-order valence-electron chi connectivity index (χ3n) is 3.69. The number of hydrogen-bond donors (Lipinski definition) is 1. The third-order valence-corrected chi connectivity index (χ3v) is 3.69. The zero-order valence-corrected chi connectivity index (χ0v) is 17.1. The first-order valence-corrected chi connectivity index (χ1v) is 8.72. The molecule has 0 saturated heterocycles. The lowest BCUT2D eigenvalue weighted by Crippen LogP contribution is -2.50. The monoisotopic (exact) mass is 357 g/mol. The molecule has 0 aliphatic carbocycles. The number of nitrogens with one attached hydrogen (secondary N) is 1. The Kier molecular flexibility index (Phi) is 9.78. The van der Waals surface area contributed by atoms with E-state index in [1.807, 2.05) is 34.6 Å². The molecule has 0 unspecified atom stereocenters. The largest absolute Gasteiger partial charge is 0.501 e. The highest BCUT2D eigenvalue weighted by molar-refractivity contribution is 5.82. The Morgan fingerprint density at radius 1 is 1.00 bits per heavy atom. The van der Waals surface area contributed by atoms with E-state index in [0.29, 0.717) is 12.2 Å². The van der Waals surface area contributed by atoms with Gasteiger partial charge in [-0.2, -0.15) is 0 Å². The fraction of sp³-hybridized carbons (Fsp3) is 0.789. The Morgan fingerprint density at radius 2 is 1.56 bits per heavy atom. The topological polar surface area (TPSA) is 73.9 Å². The second kappa shape index (κ2) is 10.4. The van der Waals surface area contributed by atoms with Gasteiger partial charge in [-0.25, -0.2) is 4.79 Å². The number of carbonyl (C=O) groups excluding carboxylic acids is 2. The molecule has 0 amide bonds. The smallest absolute Gasteiger partial charge is 0.333 e. The molecule has 0 radical (unpaired) electrons. The maximum Gasteiger partial charge on any atom is 0.333 e. The molecule has 0 aromatic heterocycles. The lowest BCUT2D eigenvalue weighted by Gasteiger charge is -2.32. The predicted molar refractivity (Wildman–Crippen MR) is 98.0 cm³/mol. The van der Waals surface area contributed by atoms with E-state index in [1.54, 1.807) is 0 Å². The minimum atomic E-state index is -0.540. The van der Waals surface area contributed by atoms with Gasteiger partial charge in [0, 0.05) is 12.5 Å². The summed E-state index contributed by atoms with van der Waals surface area (Å²) in [5, 5.41) is 3.38. The summed E-state index contributed by atoms with van der Waals surface area (Å²) in [6, 6.07) is -0.501. The van der Waals surface area contributed by atoms with E-state index in [2.05, 4.69) is 23.9 Å². The predicted octanol–water partition coefficient (Wildman–Crippen LogP) is 3.06. The SMILES string of the molecule is COC(=O)/C=C(\C[C@H](N[C@H](C(=O)OC(C)(C)C)C(C)C)C(C)C)OC. The molecule has 0 aromatic carbocycles. The van der Waals surface area contributed by atoms with Crippen LogP contribution in [0.5, 0.6) is 0 Å². The Bertz CT molecular complexity index is 463. The first kappa shape index (κ1) is 23.4. The second-order valence-corrected chi connectivity index (χ2v) is 7.81. The Labute approximate surface area is 152 Å². The number of hydrogen-bond acceptors (Lipinski definition) is 6. The van der Waals surface area contributed by atoms with Crippen molar-refractivity contribution in [2.75, 3.05) is 14.2 Å². The second-order valence-electron chi connectivity index (χ2n) is 7.81. The molecule has 0 heterocycles. The van der Waals surface area contributed by atoms with E-state index in [9.17, 15) is 9.59 Å². The summed E-state index contributed by atoms with van der Waals surface area (Å²) in [7, 11) is 2.83. The van der Waals surface area contributed by atoms with Crippen molar-refractivity contribution in [3.8, 4) is 0 Å². The normalized spacial score (nSPS) is 15.1. The summed E-state index contributed by atoms with van der Waals surface area (Å²) in [6.07, 6.45) is 1.80. The van der Waals surface area contributed by atoms with Crippen LogP contribution < -0.4 is 5.32 Å². The molecule has 0 saturated carbocycles. The lowest BCUT2D eigenvalue weighted by atomic mass is 9.95. The molecule has 146 valence electrons. The van der Waals surface area contributed by atoms with Gasteiger partial charge in [0.1, 0.15) is 17.4 Å². The highest BCUT2D eigenvalue weighted by Gasteiger charge is 2.31. The van der Waals surface area contributed by atoms with Crippen LogP contribution in [0.2, 0.25) is 0 Å². The van der Waals surface area contributed by atoms with Crippen molar-refractivity contribution in [3.05, 3.63) is 11.8 Å². The van der Waals surface area contributed by atoms with Crippen LogP contribution in [0.1, 0.15) is 54.9 Å². The maximum absolute atomic E-state index is 12.5. The van der Waals surface area contributed by atoms with Gasteiger partial charge in [0.15, 0.2) is 0 Å². The van der Waals surface area contributed by atoms with Crippen LogP contribution in [0.3, 0.4) is 0 Å². The molecule has 6 nitrogen and oxygen atoms in total. The van der Waals surface area contributed by atoms with Crippen LogP contribution in [0.15, 0.2) is 11.8 Å². The van der Waals surface area contributed by atoms with Crippen molar-refractivity contribution < 1.29 is 23.8 Å². The summed E-state index contributed by atoms with van der Waals surface area (Å²) in [6.45, 7) is 13.6. The van der Waals surface area contributed by atoms with Crippen molar-refractivity contribution in [2.24, 2.45) is 11.8 Å². The Hall–Kier alpha value is -1.56. The Morgan fingerprint density at radius 3 is 1.92 bits per heavy atom. The van der Waals surface area contributed by atoms with Crippen molar-refractivity contribution in [1.82, 2.24) is 5.32 Å². The minimum Gasteiger partial charge on any atom is -0.501 e. The summed E-state index contributed by atoms with van der Waals surface area (Å²) >= 11 is 0. The maximum atomic E-state index is 12.5. The molecule has 0 rings (SSSR count). The quantitative estimate of drug-likeness (QED) is 0.388. The standard InChI is InChI=1S/C19H35NO5/c1-12(2)15(10-14(23-8)11-16(21)24-9)20-17(13(3)4)18(22)25-19(5,6)7/h11-13,15,17,20H,10H2,1-9H3/b14-11+/t15-,17-/m0/s1. The highest BCUT2D eigenvalue weighted by Crippen LogP contribution is 2.18. The third kappa shape index (κ3) is 9.48. The first-order valence-electron chi connectivity index (χ1n) is 8.72. The van der Waals surface area contributed by atoms with Crippen LogP contribution >= 0.6 is 0 Å². The van der Waals surface area contributed by atoms with Gasteiger partial charge in [-0.1, -0.05) is 27.7 Å².